The van der Waals surface area contributed by atoms with Gasteiger partial charge in [0.25, 0.3) is 0 Å². The maximum absolute atomic E-state index is 9.22. The molecule has 0 spiro atoms. The fourth-order valence-electron chi connectivity index (χ4n) is 1.39. The van der Waals surface area contributed by atoms with E-state index in [0.29, 0.717) is 5.69 Å². The van der Waals surface area contributed by atoms with E-state index in [1.807, 2.05) is 6.07 Å². The van der Waals surface area contributed by atoms with Crippen LogP contribution in [0.25, 0.3) is 0 Å². The average Bonchev–Trinajstić information content (AvgIpc) is 2.45. The third kappa shape index (κ3) is 0.808. The summed E-state index contributed by atoms with van der Waals surface area (Å²) in [6, 6.07) is 3.54. The molecule has 11 heavy (non-hydrogen) atoms. The molecule has 0 fully saturated rings. The molecule has 58 valence electrons. The Labute approximate surface area is 64.8 Å². The highest BCUT2D eigenvalue weighted by Gasteiger charge is 2.14. The molecule has 0 saturated heterocycles. The van der Waals surface area contributed by atoms with Crippen LogP contribution in [0.2, 0.25) is 0 Å². The number of benzene rings is 1. The molecule has 0 unspecified atom stereocenters. The van der Waals surface area contributed by atoms with Gasteiger partial charge in [-0.05, 0) is 18.1 Å². The number of fused-ring (bicyclic) bond motifs is 1. The highest BCUT2D eigenvalue weighted by atomic mass is 16.3. The summed E-state index contributed by atoms with van der Waals surface area (Å²) in [5, 5.41) is 12.3. The molecule has 0 amide bonds. The smallest absolute Gasteiger partial charge is 0.140 e. The minimum absolute atomic E-state index is 0.165. The predicted molar refractivity (Wildman–Crippen MR) is 44.7 cm³/mol. The van der Waals surface area contributed by atoms with Gasteiger partial charge in [-0.3, -0.25) is 0 Å². The molecule has 1 aromatic rings. The first kappa shape index (κ1) is 6.34. The number of phenolic OH excluding ortho intramolecular Hbond substituents is 1. The zero-order valence-corrected chi connectivity index (χ0v) is 6.09. The Kier molecular flexibility index (Phi) is 1.18. The summed E-state index contributed by atoms with van der Waals surface area (Å²) in [4.78, 5) is 0. The van der Waals surface area contributed by atoms with Gasteiger partial charge in [0, 0.05) is 6.54 Å². The second kappa shape index (κ2) is 2.05. The van der Waals surface area contributed by atoms with E-state index in [-0.39, 0.29) is 5.75 Å². The summed E-state index contributed by atoms with van der Waals surface area (Å²) in [7, 11) is 0. The van der Waals surface area contributed by atoms with Crippen molar-refractivity contribution in [1.82, 2.24) is 0 Å². The number of nitrogens with two attached hydrogens (primary N) is 1. The Hall–Kier alpha value is -1.38. The zero-order chi connectivity index (χ0) is 7.84. The van der Waals surface area contributed by atoms with E-state index in [9.17, 15) is 5.11 Å². The summed E-state index contributed by atoms with van der Waals surface area (Å²) in [5.41, 5.74) is 8.20. The number of aromatic hydroxyl groups is 1. The third-order valence-corrected chi connectivity index (χ3v) is 2.00. The molecule has 0 aromatic heterocycles. The minimum Gasteiger partial charge on any atom is -0.506 e. The quantitative estimate of drug-likeness (QED) is 0.381. The number of rotatable bonds is 0. The fraction of sp³-hybridized carbons (Fsp3) is 0.250. The maximum atomic E-state index is 9.22. The lowest BCUT2D eigenvalue weighted by molar-refractivity contribution is 0.478. The van der Waals surface area contributed by atoms with Crippen LogP contribution in [-0.2, 0) is 6.42 Å². The van der Waals surface area contributed by atoms with Crippen LogP contribution in [0.3, 0.4) is 0 Å². The highest BCUT2D eigenvalue weighted by molar-refractivity contribution is 5.77. The van der Waals surface area contributed by atoms with Crippen molar-refractivity contribution in [1.29, 1.82) is 0 Å². The Morgan fingerprint density at radius 2 is 2.27 bits per heavy atom. The second-order valence-corrected chi connectivity index (χ2v) is 2.71. The van der Waals surface area contributed by atoms with Gasteiger partial charge in [-0.25, -0.2) is 0 Å². The van der Waals surface area contributed by atoms with Crippen LogP contribution in [0, 0.1) is 0 Å². The number of anilines is 2. The molecular formula is C8H10N2O. The third-order valence-electron chi connectivity index (χ3n) is 2.00. The van der Waals surface area contributed by atoms with Gasteiger partial charge in [-0.15, -0.1) is 0 Å². The van der Waals surface area contributed by atoms with Crippen LogP contribution in [0.15, 0.2) is 12.1 Å². The van der Waals surface area contributed by atoms with Gasteiger partial charge in [-0.1, -0.05) is 6.07 Å². The Morgan fingerprint density at radius 3 is 3.09 bits per heavy atom. The van der Waals surface area contributed by atoms with Crippen LogP contribution in [0.1, 0.15) is 5.56 Å². The SMILES string of the molecule is Nc1c(O)ccc2c1NCC2. The first-order valence-corrected chi connectivity index (χ1v) is 3.63. The Balaban J connectivity index is 2.62. The molecule has 0 saturated carbocycles. The molecular weight excluding hydrogens is 140 g/mol. The number of nitrogen functional groups attached to an aromatic ring is 1. The van der Waals surface area contributed by atoms with Crippen LogP contribution >= 0.6 is 0 Å². The lowest BCUT2D eigenvalue weighted by atomic mass is 10.1. The maximum Gasteiger partial charge on any atom is 0.140 e. The summed E-state index contributed by atoms with van der Waals surface area (Å²) in [6.45, 7) is 0.920. The molecule has 1 aromatic carbocycles. The van der Waals surface area contributed by atoms with Gasteiger partial charge >= 0.3 is 0 Å². The summed E-state index contributed by atoms with van der Waals surface area (Å²) < 4.78 is 0. The average molecular weight is 150 g/mol. The van der Waals surface area contributed by atoms with Crippen molar-refractivity contribution < 1.29 is 5.11 Å². The van der Waals surface area contributed by atoms with Crippen molar-refractivity contribution in [3.63, 3.8) is 0 Å². The van der Waals surface area contributed by atoms with E-state index >= 15 is 0 Å². The molecule has 0 atom stereocenters. The van der Waals surface area contributed by atoms with E-state index in [4.69, 9.17) is 5.73 Å². The van der Waals surface area contributed by atoms with Crippen LogP contribution in [0.5, 0.6) is 5.75 Å². The van der Waals surface area contributed by atoms with Crippen molar-refractivity contribution in [2.24, 2.45) is 0 Å². The first-order chi connectivity index (χ1) is 5.29. The van der Waals surface area contributed by atoms with E-state index in [1.165, 1.54) is 5.56 Å². The topological polar surface area (TPSA) is 58.3 Å². The molecule has 3 heteroatoms. The van der Waals surface area contributed by atoms with E-state index < -0.39 is 0 Å². The molecule has 1 heterocycles. The molecule has 1 aliphatic heterocycles. The Morgan fingerprint density at radius 1 is 1.45 bits per heavy atom. The lowest BCUT2D eigenvalue weighted by Crippen LogP contribution is -1.95. The van der Waals surface area contributed by atoms with E-state index in [1.54, 1.807) is 6.07 Å². The standard InChI is InChI=1S/C8H10N2O/c9-7-6(11)2-1-5-3-4-10-8(5)7/h1-2,10-11H,3-4,9H2. The van der Waals surface area contributed by atoms with E-state index in [2.05, 4.69) is 5.32 Å². The summed E-state index contributed by atoms with van der Waals surface area (Å²) in [5.74, 6) is 0.165. The van der Waals surface area contributed by atoms with Crippen molar-refractivity contribution in [3.05, 3.63) is 17.7 Å². The van der Waals surface area contributed by atoms with Gasteiger partial charge < -0.3 is 16.2 Å². The minimum atomic E-state index is 0.165. The van der Waals surface area contributed by atoms with Crippen molar-refractivity contribution in [2.45, 2.75) is 6.42 Å². The molecule has 2 rings (SSSR count). The van der Waals surface area contributed by atoms with Crippen LogP contribution < -0.4 is 11.1 Å². The van der Waals surface area contributed by atoms with E-state index in [0.717, 1.165) is 18.7 Å². The molecule has 1 aliphatic rings. The molecule has 3 nitrogen and oxygen atoms in total. The lowest BCUT2D eigenvalue weighted by Gasteiger charge is -2.04. The number of hydrogen-bond donors (Lipinski definition) is 3. The van der Waals surface area contributed by atoms with Gasteiger partial charge in [-0.2, -0.15) is 0 Å². The van der Waals surface area contributed by atoms with Crippen molar-refractivity contribution >= 4 is 11.4 Å². The number of nitrogens with one attached hydrogen (secondary N) is 1. The number of phenols is 1. The second-order valence-electron chi connectivity index (χ2n) is 2.71. The van der Waals surface area contributed by atoms with Crippen molar-refractivity contribution in [2.75, 3.05) is 17.6 Å². The van der Waals surface area contributed by atoms with Gasteiger partial charge in [0.15, 0.2) is 0 Å². The molecule has 4 N–H and O–H groups in total. The summed E-state index contributed by atoms with van der Waals surface area (Å²) in [6.07, 6.45) is 1.000. The van der Waals surface area contributed by atoms with Crippen LogP contribution in [0.4, 0.5) is 11.4 Å². The molecule has 0 radical (unpaired) electrons. The largest absolute Gasteiger partial charge is 0.506 e. The van der Waals surface area contributed by atoms with Gasteiger partial charge in [0.05, 0.1) is 11.4 Å². The predicted octanol–water partition coefficient (Wildman–Crippen LogP) is 0.942. The molecule has 0 aliphatic carbocycles. The summed E-state index contributed by atoms with van der Waals surface area (Å²) >= 11 is 0. The van der Waals surface area contributed by atoms with Crippen LogP contribution in [-0.4, -0.2) is 11.7 Å². The highest BCUT2D eigenvalue weighted by Crippen LogP contribution is 2.34. The first-order valence-electron chi connectivity index (χ1n) is 3.63. The normalized spacial score (nSPS) is 14.2. The Bertz CT molecular complexity index is 296. The monoisotopic (exact) mass is 150 g/mol. The molecule has 0 bridgehead atoms. The fourth-order valence-corrected chi connectivity index (χ4v) is 1.39. The van der Waals surface area contributed by atoms with Crippen molar-refractivity contribution in [3.8, 4) is 5.75 Å². The zero-order valence-electron chi connectivity index (χ0n) is 6.09. The van der Waals surface area contributed by atoms with Gasteiger partial charge in [0.1, 0.15) is 5.75 Å². The van der Waals surface area contributed by atoms with Gasteiger partial charge in [0.2, 0.25) is 0 Å². The number of hydrogen-bond acceptors (Lipinski definition) is 3.